The molecule has 4 rings (SSSR count). The number of anilines is 1. The van der Waals surface area contributed by atoms with Crippen LogP contribution in [0.2, 0.25) is 0 Å². The van der Waals surface area contributed by atoms with Crippen LogP contribution in [0.25, 0.3) is 0 Å². The summed E-state index contributed by atoms with van der Waals surface area (Å²) < 4.78 is 39.7. The molecule has 0 aliphatic carbocycles. The lowest BCUT2D eigenvalue weighted by molar-refractivity contribution is -0.137. The molecule has 1 amide bonds. The number of hydrogen-bond acceptors (Lipinski definition) is 2. The van der Waals surface area contributed by atoms with Crippen molar-refractivity contribution >= 4 is 11.6 Å². The Morgan fingerprint density at radius 3 is 2.44 bits per heavy atom. The number of hydrogen-bond donors (Lipinski definition) is 1. The minimum absolute atomic E-state index is 0.0668. The fourth-order valence-corrected chi connectivity index (χ4v) is 3.91. The zero-order chi connectivity index (χ0) is 17.6. The molecule has 2 aliphatic rings. The molecule has 2 unspecified atom stereocenters. The van der Waals surface area contributed by atoms with Crippen molar-refractivity contribution in [1.82, 2.24) is 4.90 Å². The van der Waals surface area contributed by atoms with Gasteiger partial charge in [0, 0.05) is 25.6 Å². The molecule has 6 heteroatoms. The average Bonchev–Trinajstić information content (AvgIpc) is 2.99. The highest BCUT2D eigenvalue weighted by molar-refractivity contribution is 5.98. The molecule has 3 nitrogen and oxygen atoms in total. The molecule has 2 aromatic carbocycles. The summed E-state index contributed by atoms with van der Waals surface area (Å²) in [4.78, 5) is 14.5. The second-order valence-electron chi connectivity index (χ2n) is 6.65. The molecule has 25 heavy (non-hydrogen) atoms. The third-order valence-corrected chi connectivity index (χ3v) is 5.03. The van der Waals surface area contributed by atoms with Crippen molar-refractivity contribution in [3.63, 3.8) is 0 Å². The normalized spacial score (nSPS) is 23.1. The van der Waals surface area contributed by atoms with Gasteiger partial charge in [0.2, 0.25) is 5.91 Å². The molecule has 0 spiro atoms. The van der Waals surface area contributed by atoms with Crippen LogP contribution in [0.5, 0.6) is 0 Å². The van der Waals surface area contributed by atoms with Crippen molar-refractivity contribution in [2.75, 3.05) is 18.4 Å². The number of halogens is 3. The number of benzene rings is 2. The molecule has 2 atom stereocenters. The van der Waals surface area contributed by atoms with Crippen LogP contribution in [0.15, 0.2) is 48.5 Å². The number of amides is 1. The van der Waals surface area contributed by atoms with Crippen molar-refractivity contribution in [1.29, 1.82) is 0 Å². The first kappa shape index (κ1) is 16.1. The van der Waals surface area contributed by atoms with Crippen LogP contribution in [-0.4, -0.2) is 23.9 Å². The van der Waals surface area contributed by atoms with E-state index in [0.717, 1.165) is 11.6 Å². The first-order chi connectivity index (χ1) is 11.9. The van der Waals surface area contributed by atoms with Gasteiger partial charge < -0.3 is 5.32 Å². The van der Waals surface area contributed by atoms with Crippen LogP contribution < -0.4 is 5.32 Å². The standard InChI is InChI=1S/C19H17F3N2O/c20-19(21,22)16-8-4-7-13-14-10-24(9-12-5-2-1-3-6-12)11-15(14)18(25)23-17(13)16/h1-8,14-15H,9-11H2,(H,23,25). The van der Waals surface area contributed by atoms with E-state index in [4.69, 9.17) is 0 Å². The van der Waals surface area contributed by atoms with E-state index in [1.54, 1.807) is 6.07 Å². The van der Waals surface area contributed by atoms with Crippen LogP contribution in [-0.2, 0) is 17.5 Å². The number of para-hydroxylation sites is 1. The third-order valence-electron chi connectivity index (χ3n) is 5.03. The predicted molar refractivity (Wildman–Crippen MR) is 88.0 cm³/mol. The lowest BCUT2D eigenvalue weighted by atomic mass is 9.83. The van der Waals surface area contributed by atoms with E-state index < -0.39 is 11.7 Å². The minimum Gasteiger partial charge on any atom is -0.325 e. The van der Waals surface area contributed by atoms with Gasteiger partial charge in [-0.3, -0.25) is 9.69 Å². The lowest BCUT2D eigenvalue weighted by Gasteiger charge is -2.29. The van der Waals surface area contributed by atoms with E-state index in [9.17, 15) is 18.0 Å². The summed E-state index contributed by atoms with van der Waals surface area (Å²) in [5.74, 6) is -0.820. The second-order valence-corrected chi connectivity index (χ2v) is 6.65. The lowest BCUT2D eigenvalue weighted by Crippen LogP contribution is -2.34. The van der Waals surface area contributed by atoms with E-state index in [1.165, 1.54) is 6.07 Å². The van der Waals surface area contributed by atoms with Crippen molar-refractivity contribution in [3.05, 3.63) is 65.2 Å². The smallest absolute Gasteiger partial charge is 0.325 e. The number of carbonyl (C=O) groups is 1. The Morgan fingerprint density at radius 1 is 1.00 bits per heavy atom. The van der Waals surface area contributed by atoms with Crippen LogP contribution in [0.1, 0.15) is 22.6 Å². The first-order valence-corrected chi connectivity index (χ1v) is 8.21. The number of fused-ring (bicyclic) bond motifs is 3. The molecule has 2 aromatic rings. The minimum atomic E-state index is -4.48. The number of nitrogens with zero attached hydrogens (tertiary/aromatic N) is 1. The third kappa shape index (κ3) is 2.91. The summed E-state index contributed by atoms with van der Waals surface area (Å²) in [5.41, 5.74) is 0.891. The maximum Gasteiger partial charge on any atom is 0.418 e. The molecule has 1 saturated heterocycles. The SMILES string of the molecule is O=C1Nc2c(cccc2C(F)(F)F)C2CN(Cc3ccccc3)CC12. The summed E-state index contributed by atoms with van der Waals surface area (Å²) in [6, 6.07) is 14.0. The molecule has 2 heterocycles. The van der Waals surface area contributed by atoms with Gasteiger partial charge in [-0.25, -0.2) is 0 Å². The van der Waals surface area contributed by atoms with Gasteiger partial charge in [-0.05, 0) is 17.2 Å². The van der Waals surface area contributed by atoms with Gasteiger partial charge in [-0.1, -0.05) is 42.5 Å². The van der Waals surface area contributed by atoms with Crippen LogP contribution >= 0.6 is 0 Å². The van der Waals surface area contributed by atoms with Crippen molar-refractivity contribution in [2.45, 2.75) is 18.6 Å². The van der Waals surface area contributed by atoms with Crippen LogP contribution in [0.4, 0.5) is 18.9 Å². The molecular weight excluding hydrogens is 329 g/mol. The quantitative estimate of drug-likeness (QED) is 0.895. The second kappa shape index (κ2) is 5.88. The molecular formula is C19H17F3N2O. The number of likely N-dealkylation sites (tertiary alicyclic amines) is 1. The molecule has 0 saturated carbocycles. The topological polar surface area (TPSA) is 32.3 Å². The van der Waals surface area contributed by atoms with Gasteiger partial charge in [-0.2, -0.15) is 13.2 Å². The zero-order valence-electron chi connectivity index (χ0n) is 13.4. The fourth-order valence-electron chi connectivity index (χ4n) is 3.91. The molecule has 2 aliphatic heterocycles. The fraction of sp³-hybridized carbons (Fsp3) is 0.316. The molecule has 0 radical (unpaired) electrons. The monoisotopic (exact) mass is 346 g/mol. The highest BCUT2D eigenvalue weighted by atomic mass is 19.4. The van der Waals surface area contributed by atoms with Gasteiger partial charge >= 0.3 is 6.18 Å². The van der Waals surface area contributed by atoms with E-state index in [0.29, 0.717) is 25.2 Å². The number of nitrogens with one attached hydrogen (secondary N) is 1. The average molecular weight is 346 g/mol. The highest BCUT2D eigenvalue weighted by Gasteiger charge is 2.45. The van der Waals surface area contributed by atoms with E-state index >= 15 is 0 Å². The first-order valence-electron chi connectivity index (χ1n) is 8.21. The summed E-state index contributed by atoms with van der Waals surface area (Å²) in [5, 5.41) is 2.51. The predicted octanol–water partition coefficient (Wildman–Crippen LogP) is 3.87. The van der Waals surface area contributed by atoms with Gasteiger partial charge in [0.15, 0.2) is 0 Å². The van der Waals surface area contributed by atoms with Gasteiger partial charge in [0.1, 0.15) is 0 Å². The summed E-state index contributed by atoms with van der Waals surface area (Å²) >= 11 is 0. The van der Waals surface area contributed by atoms with Gasteiger partial charge in [0.05, 0.1) is 17.2 Å². The van der Waals surface area contributed by atoms with Crippen molar-refractivity contribution in [2.24, 2.45) is 5.92 Å². The van der Waals surface area contributed by atoms with E-state index in [2.05, 4.69) is 10.2 Å². The number of alkyl halides is 3. The Kier molecular flexibility index (Phi) is 3.80. The van der Waals surface area contributed by atoms with Gasteiger partial charge in [-0.15, -0.1) is 0 Å². The van der Waals surface area contributed by atoms with Gasteiger partial charge in [0.25, 0.3) is 0 Å². The number of rotatable bonds is 2. The van der Waals surface area contributed by atoms with Crippen molar-refractivity contribution in [3.8, 4) is 0 Å². The molecule has 1 N–H and O–H groups in total. The molecule has 0 bridgehead atoms. The van der Waals surface area contributed by atoms with Crippen LogP contribution in [0.3, 0.4) is 0 Å². The molecule has 1 fully saturated rings. The Morgan fingerprint density at radius 2 is 1.72 bits per heavy atom. The summed E-state index contributed by atoms with van der Waals surface area (Å²) in [7, 11) is 0. The maximum atomic E-state index is 13.2. The van der Waals surface area contributed by atoms with E-state index in [1.807, 2.05) is 30.3 Å². The number of carbonyl (C=O) groups excluding carboxylic acids is 1. The Bertz CT molecular complexity index is 804. The highest BCUT2D eigenvalue weighted by Crippen LogP contribution is 2.46. The van der Waals surface area contributed by atoms with Crippen molar-refractivity contribution < 1.29 is 18.0 Å². The van der Waals surface area contributed by atoms with Crippen LogP contribution in [0, 0.1) is 5.92 Å². The summed E-state index contributed by atoms with van der Waals surface area (Å²) in [6.07, 6.45) is -4.48. The Balaban J connectivity index is 1.64. The molecule has 0 aromatic heterocycles. The van der Waals surface area contributed by atoms with E-state index in [-0.39, 0.29) is 23.4 Å². The zero-order valence-corrected chi connectivity index (χ0v) is 13.4. The Labute approximate surface area is 143 Å². The summed E-state index contributed by atoms with van der Waals surface area (Å²) in [6.45, 7) is 1.83. The maximum absolute atomic E-state index is 13.2. The molecule has 130 valence electrons. The largest absolute Gasteiger partial charge is 0.418 e. The Hall–Kier alpha value is -2.34.